The molecule has 1 aromatic carbocycles. The molecule has 1 atom stereocenters. The van der Waals surface area contributed by atoms with E-state index in [-0.39, 0.29) is 42.5 Å². The molecule has 0 saturated carbocycles. The Morgan fingerprint density at radius 3 is 2.78 bits per heavy atom. The number of likely N-dealkylation sites (N-methyl/N-ethyl adjacent to an activating group) is 1. The summed E-state index contributed by atoms with van der Waals surface area (Å²) >= 11 is 0. The summed E-state index contributed by atoms with van der Waals surface area (Å²) in [5.41, 5.74) is 2.08. The molecular formula is C23H33IN6O2. The van der Waals surface area contributed by atoms with E-state index in [0.29, 0.717) is 12.5 Å². The molecule has 9 heteroatoms. The maximum Gasteiger partial charge on any atom is 0.241 e. The van der Waals surface area contributed by atoms with Crippen LogP contribution >= 0.6 is 24.0 Å². The summed E-state index contributed by atoms with van der Waals surface area (Å²) < 4.78 is 5.49. The number of halogens is 1. The Balaban J connectivity index is 0.00000363. The van der Waals surface area contributed by atoms with Gasteiger partial charge in [-0.05, 0) is 30.7 Å². The van der Waals surface area contributed by atoms with E-state index >= 15 is 0 Å². The first kappa shape index (κ1) is 25.7. The molecule has 1 saturated heterocycles. The van der Waals surface area contributed by atoms with Gasteiger partial charge in [0.2, 0.25) is 5.91 Å². The Labute approximate surface area is 207 Å². The Morgan fingerprint density at radius 1 is 1.28 bits per heavy atom. The van der Waals surface area contributed by atoms with Crippen molar-refractivity contribution in [3.8, 4) is 5.75 Å². The second-order valence-corrected chi connectivity index (χ2v) is 7.56. The molecule has 0 aliphatic carbocycles. The molecule has 3 rings (SSSR count). The Kier molecular flexibility index (Phi) is 10.5. The average Bonchev–Trinajstić information content (AvgIpc) is 3.28. The Bertz CT molecular complexity index is 880. The van der Waals surface area contributed by atoms with Gasteiger partial charge in [-0.25, -0.2) is 0 Å². The van der Waals surface area contributed by atoms with Gasteiger partial charge < -0.3 is 25.2 Å². The number of amides is 1. The smallest absolute Gasteiger partial charge is 0.241 e. The Hall–Kier alpha value is -2.56. The predicted molar refractivity (Wildman–Crippen MR) is 139 cm³/mol. The van der Waals surface area contributed by atoms with Crippen LogP contribution in [-0.2, 0) is 11.2 Å². The monoisotopic (exact) mass is 552 g/mol. The average molecular weight is 552 g/mol. The second-order valence-electron chi connectivity index (χ2n) is 7.56. The van der Waals surface area contributed by atoms with E-state index in [1.807, 2.05) is 43.4 Å². The summed E-state index contributed by atoms with van der Waals surface area (Å²) in [4.78, 5) is 25.1. The van der Waals surface area contributed by atoms with E-state index in [1.165, 1.54) is 0 Å². The molecule has 2 aromatic rings. The quantitative estimate of drug-likeness (QED) is 0.297. The van der Waals surface area contributed by atoms with Crippen LogP contribution in [0.5, 0.6) is 5.75 Å². The highest BCUT2D eigenvalue weighted by Gasteiger charge is 2.25. The molecule has 174 valence electrons. The SMILES string of the molecule is CN=C(NCC(=O)N(C)CCc1ccccn1)NC1CCN(c2ccccc2OC)C1.I. The number of para-hydroxylation sites is 2. The van der Waals surface area contributed by atoms with Crippen molar-refractivity contribution in [2.24, 2.45) is 4.99 Å². The predicted octanol–water partition coefficient (Wildman–Crippen LogP) is 2.15. The third kappa shape index (κ3) is 7.25. The minimum atomic E-state index is 0. The van der Waals surface area contributed by atoms with Crippen molar-refractivity contribution >= 4 is 41.5 Å². The van der Waals surface area contributed by atoms with Crippen LogP contribution in [0.3, 0.4) is 0 Å². The number of anilines is 1. The minimum absolute atomic E-state index is 0. The first-order valence-electron chi connectivity index (χ1n) is 10.6. The van der Waals surface area contributed by atoms with Gasteiger partial charge in [0.25, 0.3) is 0 Å². The van der Waals surface area contributed by atoms with Gasteiger partial charge in [0.1, 0.15) is 5.75 Å². The third-order valence-electron chi connectivity index (χ3n) is 5.44. The van der Waals surface area contributed by atoms with Gasteiger partial charge in [0.15, 0.2) is 5.96 Å². The highest BCUT2D eigenvalue weighted by atomic mass is 127. The van der Waals surface area contributed by atoms with Crippen LogP contribution in [0, 0.1) is 0 Å². The normalized spacial score (nSPS) is 15.7. The van der Waals surface area contributed by atoms with Crippen LogP contribution in [0.25, 0.3) is 0 Å². The number of aliphatic imine (C=N–C) groups is 1. The van der Waals surface area contributed by atoms with Gasteiger partial charge >= 0.3 is 0 Å². The van der Waals surface area contributed by atoms with Gasteiger partial charge in [0.05, 0.1) is 19.3 Å². The molecule has 1 fully saturated rings. The largest absolute Gasteiger partial charge is 0.495 e. The molecule has 32 heavy (non-hydrogen) atoms. The third-order valence-corrected chi connectivity index (χ3v) is 5.44. The molecule has 2 heterocycles. The van der Waals surface area contributed by atoms with Crippen molar-refractivity contribution in [2.75, 3.05) is 52.3 Å². The zero-order valence-electron chi connectivity index (χ0n) is 19.0. The number of carbonyl (C=O) groups excluding carboxylic acids is 1. The van der Waals surface area contributed by atoms with Crippen LogP contribution < -0.4 is 20.3 Å². The molecule has 0 spiro atoms. The van der Waals surface area contributed by atoms with Gasteiger partial charge in [-0.2, -0.15) is 0 Å². The number of aromatic nitrogens is 1. The molecule has 1 aliphatic rings. The summed E-state index contributed by atoms with van der Waals surface area (Å²) in [6, 6.07) is 14.1. The first-order chi connectivity index (χ1) is 15.1. The topological polar surface area (TPSA) is 82.1 Å². The fourth-order valence-corrected chi connectivity index (χ4v) is 3.62. The standard InChI is InChI=1S/C23H32N6O2.HI/c1-24-23(26-16-22(30)28(2)14-11-18-8-6-7-13-25-18)27-19-12-15-29(17-19)20-9-4-5-10-21(20)31-3;/h4-10,13,19H,11-12,14-17H2,1-3H3,(H2,24,26,27);1H. The number of guanidine groups is 1. The molecule has 1 amide bonds. The zero-order valence-corrected chi connectivity index (χ0v) is 21.3. The molecule has 1 aromatic heterocycles. The van der Waals surface area contributed by atoms with Crippen LogP contribution in [-0.4, -0.2) is 75.2 Å². The summed E-state index contributed by atoms with van der Waals surface area (Å²) in [6.45, 7) is 2.60. The van der Waals surface area contributed by atoms with Crippen LogP contribution in [0.15, 0.2) is 53.7 Å². The van der Waals surface area contributed by atoms with Gasteiger partial charge in [-0.15, -0.1) is 24.0 Å². The number of hydrogen-bond acceptors (Lipinski definition) is 5. The highest BCUT2D eigenvalue weighted by Crippen LogP contribution is 2.30. The van der Waals surface area contributed by atoms with Crippen molar-refractivity contribution in [1.82, 2.24) is 20.5 Å². The van der Waals surface area contributed by atoms with E-state index in [9.17, 15) is 4.79 Å². The number of nitrogens with one attached hydrogen (secondary N) is 2. The number of methoxy groups -OCH3 is 1. The van der Waals surface area contributed by atoms with Gasteiger partial charge in [-0.3, -0.25) is 14.8 Å². The van der Waals surface area contributed by atoms with Crippen molar-refractivity contribution in [1.29, 1.82) is 0 Å². The summed E-state index contributed by atoms with van der Waals surface area (Å²) in [7, 11) is 5.23. The molecule has 1 unspecified atom stereocenters. The number of ether oxygens (including phenoxy) is 1. The van der Waals surface area contributed by atoms with Crippen molar-refractivity contribution in [3.63, 3.8) is 0 Å². The summed E-state index contributed by atoms with van der Waals surface area (Å²) in [5, 5.41) is 6.57. The van der Waals surface area contributed by atoms with Gasteiger partial charge in [0, 0.05) is 58.1 Å². The van der Waals surface area contributed by atoms with Crippen LogP contribution in [0.4, 0.5) is 5.69 Å². The number of rotatable bonds is 8. The highest BCUT2D eigenvalue weighted by molar-refractivity contribution is 14.0. The Morgan fingerprint density at radius 2 is 2.06 bits per heavy atom. The molecule has 8 nitrogen and oxygen atoms in total. The van der Waals surface area contributed by atoms with E-state index in [1.54, 1.807) is 25.3 Å². The van der Waals surface area contributed by atoms with E-state index < -0.39 is 0 Å². The number of benzene rings is 1. The molecule has 0 radical (unpaired) electrons. The summed E-state index contributed by atoms with van der Waals surface area (Å²) in [5.74, 6) is 1.53. The lowest BCUT2D eigenvalue weighted by Crippen LogP contribution is -2.48. The first-order valence-corrected chi connectivity index (χ1v) is 10.6. The van der Waals surface area contributed by atoms with E-state index in [4.69, 9.17) is 4.74 Å². The fourth-order valence-electron chi connectivity index (χ4n) is 3.62. The number of nitrogens with zero attached hydrogens (tertiary/aromatic N) is 4. The van der Waals surface area contributed by atoms with Crippen LogP contribution in [0.1, 0.15) is 12.1 Å². The van der Waals surface area contributed by atoms with Gasteiger partial charge in [-0.1, -0.05) is 18.2 Å². The second kappa shape index (κ2) is 13.1. The van der Waals surface area contributed by atoms with Crippen LogP contribution in [0.2, 0.25) is 0 Å². The number of carbonyl (C=O) groups is 1. The maximum atomic E-state index is 12.5. The molecular weight excluding hydrogens is 519 g/mol. The lowest BCUT2D eigenvalue weighted by molar-refractivity contribution is -0.128. The molecule has 1 aliphatic heterocycles. The molecule has 2 N–H and O–H groups in total. The van der Waals surface area contributed by atoms with Crippen molar-refractivity contribution in [2.45, 2.75) is 18.9 Å². The van der Waals surface area contributed by atoms with Crippen molar-refractivity contribution in [3.05, 3.63) is 54.4 Å². The zero-order chi connectivity index (χ0) is 22.1. The summed E-state index contributed by atoms with van der Waals surface area (Å²) in [6.07, 6.45) is 3.49. The minimum Gasteiger partial charge on any atom is -0.495 e. The number of pyridine rings is 1. The number of hydrogen-bond donors (Lipinski definition) is 2. The lowest BCUT2D eigenvalue weighted by Gasteiger charge is -2.22. The lowest BCUT2D eigenvalue weighted by atomic mass is 10.2. The van der Waals surface area contributed by atoms with E-state index in [2.05, 4.69) is 31.6 Å². The fraction of sp³-hybridized carbons (Fsp3) is 0.435. The maximum absolute atomic E-state index is 12.5. The molecule has 0 bridgehead atoms. The van der Waals surface area contributed by atoms with Crippen molar-refractivity contribution < 1.29 is 9.53 Å². The van der Waals surface area contributed by atoms with E-state index in [0.717, 1.165) is 43.1 Å².